The van der Waals surface area contributed by atoms with Gasteiger partial charge >= 0.3 is 0 Å². The van der Waals surface area contributed by atoms with Crippen LogP contribution in [-0.2, 0) is 22.4 Å². The minimum absolute atomic E-state index is 0. The number of carbonyl (C=O) groups excluding carboxylic acids is 2. The number of carbonyl (C=O) groups is 2. The number of amides is 1. The van der Waals surface area contributed by atoms with E-state index in [0.717, 1.165) is 42.0 Å². The van der Waals surface area contributed by atoms with Gasteiger partial charge in [0.25, 0.3) is 0 Å². The second kappa shape index (κ2) is 33.4. The van der Waals surface area contributed by atoms with Crippen molar-refractivity contribution in [2.24, 2.45) is 27.9 Å². The topological polar surface area (TPSA) is 217 Å². The number of nitrogens with one attached hydrogen (secondary N) is 2. The predicted molar refractivity (Wildman–Crippen MR) is 283 cm³/mol. The highest BCUT2D eigenvalue weighted by Crippen LogP contribution is 2.28. The van der Waals surface area contributed by atoms with Crippen LogP contribution in [0.25, 0.3) is 10.8 Å². The Hall–Kier alpha value is -10.4. The van der Waals surface area contributed by atoms with Crippen molar-refractivity contribution in [3.63, 3.8) is 0 Å². The number of terminal acetylenes is 2. The molecule has 1 aliphatic carbocycles. The number of nitrogen functional groups attached to an aromatic ring is 1. The standard InChI is InChI=1S/C27H32N4O2.C26H2.H3N5O2.14H2/c28-23(13-10-18-5-2-1-3-6-18)27(33)31-24-8-4-7-22(24)25(32)14-11-19-9-12-21-20(17-19)15-16-30-26(21)29;1-3-5-7-9-11-13-15-17-19-21-23-25-26-24-22-20-18-16-14-12-10-8-6-4-2;1-2-3-4-5(6)7;;;;;;;;;;;;;;/h1-3,5-6,9,12,15-17,22-24H,4,7-8,10-11,13-14,28H2,(H2,29,30)(H,31,33);1-2H;(H2,1,3)(H,2,4);14*1H/t22-,23+,24-;;;;;;;;;;;;;;;;/m0................/s1. The molecular weight excluding hydrogens is 827 g/mol. The Bertz CT molecular complexity index is 3030. The van der Waals surface area contributed by atoms with Crippen LogP contribution in [-0.4, -0.2) is 33.8 Å². The Morgan fingerprint density at radius 1 is 0.758 bits per heavy atom. The molecule has 1 fully saturated rings. The summed E-state index contributed by atoms with van der Waals surface area (Å²) >= 11 is 0. The number of anilines is 1. The number of ketones is 1. The molecule has 2 aromatic carbocycles. The Balaban J connectivity index is -0.0000000799. The lowest BCUT2D eigenvalue weighted by Crippen LogP contribution is -2.48. The quantitative estimate of drug-likeness (QED) is 0.0479. The lowest BCUT2D eigenvalue weighted by molar-refractivity contribution is -0.546. The molecule has 0 spiro atoms. The van der Waals surface area contributed by atoms with E-state index < -0.39 is 11.1 Å². The second-order valence-electron chi connectivity index (χ2n) is 12.6. The maximum atomic E-state index is 13.0. The van der Waals surface area contributed by atoms with Crippen molar-refractivity contribution in [3.8, 4) is 155 Å². The molecule has 0 aliphatic heterocycles. The number of hydrogen-bond donors (Lipinski definition) is 5. The molecular formula is C53H65N9O4. The highest BCUT2D eigenvalue weighted by molar-refractivity contribution is 5.91. The Labute approximate surface area is 405 Å². The first-order valence-electron chi connectivity index (χ1n) is 19.4. The number of benzene rings is 2. The van der Waals surface area contributed by atoms with Gasteiger partial charge < -0.3 is 26.9 Å². The number of fused-ring (bicyclic) bond motifs is 1. The van der Waals surface area contributed by atoms with Crippen molar-refractivity contribution < 1.29 is 34.6 Å². The summed E-state index contributed by atoms with van der Waals surface area (Å²) in [7, 11) is 0. The summed E-state index contributed by atoms with van der Waals surface area (Å²) in [4.78, 5) is 39.0. The monoisotopic (exact) mass is 892 g/mol. The van der Waals surface area contributed by atoms with Crippen molar-refractivity contribution in [1.82, 2.24) is 15.8 Å². The number of nitrogens with zero attached hydrogens (tertiary/aromatic N) is 4. The lowest BCUT2D eigenvalue weighted by atomic mass is 9.93. The van der Waals surface area contributed by atoms with Crippen LogP contribution < -0.4 is 28.2 Å². The van der Waals surface area contributed by atoms with Crippen LogP contribution in [0.4, 0.5) is 5.82 Å². The van der Waals surface area contributed by atoms with Crippen LogP contribution in [0.15, 0.2) is 71.2 Å². The molecule has 66 heavy (non-hydrogen) atoms. The molecule has 13 heteroatoms. The predicted octanol–water partition coefficient (Wildman–Crippen LogP) is 6.31. The van der Waals surface area contributed by atoms with Crippen molar-refractivity contribution >= 4 is 28.3 Å². The average molecular weight is 892 g/mol. The molecule has 1 amide bonds. The normalized spacial score (nSPS) is 11.9. The highest BCUT2D eigenvalue weighted by Gasteiger charge is 2.34. The molecule has 346 valence electrons. The van der Waals surface area contributed by atoms with Gasteiger partial charge in [0, 0.05) is 103 Å². The number of hydrogen-bond acceptors (Lipinski definition) is 9. The van der Waals surface area contributed by atoms with Gasteiger partial charge in [-0.2, -0.15) is 0 Å². The number of aryl methyl sites for hydroxylation is 2. The van der Waals surface area contributed by atoms with Gasteiger partial charge in [-0.1, -0.05) is 55.0 Å². The van der Waals surface area contributed by atoms with Crippen molar-refractivity contribution in [2.45, 2.75) is 57.0 Å². The summed E-state index contributed by atoms with van der Waals surface area (Å²) in [6.45, 7) is 0. The van der Waals surface area contributed by atoms with E-state index in [-0.39, 0.29) is 43.6 Å². The second-order valence-corrected chi connectivity index (χ2v) is 12.6. The summed E-state index contributed by atoms with van der Waals surface area (Å²) in [6, 6.07) is 17.3. The van der Waals surface area contributed by atoms with Crippen LogP contribution in [0.2, 0.25) is 0 Å². The van der Waals surface area contributed by atoms with E-state index in [9.17, 15) is 19.7 Å². The Morgan fingerprint density at radius 3 is 1.74 bits per heavy atom. The van der Waals surface area contributed by atoms with Gasteiger partial charge in [0.1, 0.15) is 11.6 Å². The molecule has 8 N–H and O–H groups in total. The van der Waals surface area contributed by atoms with Crippen LogP contribution in [0.5, 0.6) is 0 Å². The van der Waals surface area contributed by atoms with Gasteiger partial charge in [-0.15, -0.1) is 12.8 Å². The van der Waals surface area contributed by atoms with Crippen molar-refractivity contribution in [2.75, 3.05) is 5.73 Å². The van der Waals surface area contributed by atoms with Gasteiger partial charge in [-0.05, 0) is 149 Å². The van der Waals surface area contributed by atoms with E-state index in [4.69, 9.17) is 24.3 Å². The van der Waals surface area contributed by atoms with Crippen molar-refractivity contribution in [1.29, 1.82) is 0 Å². The number of rotatable bonds is 11. The molecule has 4 rings (SSSR count). The maximum Gasteiger partial charge on any atom is 0.237 e. The summed E-state index contributed by atoms with van der Waals surface area (Å²) in [5.74, 6) is 63.0. The van der Waals surface area contributed by atoms with Crippen LogP contribution in [0.3, 0.4) is 0 Å². The number of hydrazine groups is 1. The van der Waals surface area contributed by atoms with Gasteiger partial charge in [0.2, 0.25) is 5.91 Å². The smallest absolute Gasteiger partial charge is 0.237 e. The fourth-order valence-electron chi connectivity index (χ4n) is 5.52. The Kier molecular flexibility index (Phi) is 26.2. The van der Waals surface area contributed by atoms with E-state index in [1.165, 1.54) is 11.1 Å². The summed E-state index contributed by atoms with van der Waals surface area (Å²) < 4.78 is 0. The average Bonchev–Trinajstić information content (AvgIpc) is 3.79. The number of pyridine rings is 1. The molecule has 3 atom stereocenters. The lowest BCUT2D eigenvalue weighted by Gasteiger charge is -2.22. The molecule has 1 saturated carbocycles. The molecule has 0 bridgehead atoms. The van der Waals surface area contributed by atoms with Gasteiger partial charge in [0.05, 0.1) is 16.3 Å². The molecule has 0 unspecified atom stereocenters. The van der Waals surface area contributed by atoms with Crippen molar-refractivity contribution in [3.05, 3.63) is 82.0 Å². The zero-order chi connectivity index (χ0) is 47.9. The Morgan fingerprint density at radius 2 is 1.27 bits per heavy atom. The van der Waals surface area contributed by atoms with Crippen LogP contribution in [0, 0.1) is 171 Å². The summed E-state index contributed by atoms with van der Waals surface area (Å²) in [5, 5.41) is 18.6. The number of nitrogens with two attached hydrogens (primary N) is 3. The first kappa shape index (κ1) is 51.8. The third-order valence-electron chi connectivity index (χ3n) is 8.34. The largest absolute Gasteiger partial charge is 0.383 e. The van der Waals surface area contributed by atoms with Crippen LogP contribution >= 0.6 is 0 Å². The zero-order valence-electron chi connectivity index (χ0n) is 35.3. The molecule has 1 aromatic heterocycles. The molecule has 3 aromatic rings. The number of aromatic nitrogens is 1. The van der Waals surface area contributed by atoms with Gasteiger partial charge in [-0.3, -0.25) is 15.4 Å². The summed E-state index contributed by atoms with van der Waals surface area (Å²) in [5.41, 5.74) is 15.7. The van der Waals surface area contributed by atoms with E-state index in [1.807, 2.05) is 48.5 Å². The highest BCUT2D eigenvalue weighted by atomic mass is 16.7. The third kappa shape index (κ3) is 23.4. The SMILES string of the molecule is C#CC#CC#CC#CC#CC#CC#CC#CC#CC#CC#CC#CC#C.NN=NN[N+](=O)[O-].Nc1nccc2cc(CCC(=O)[C@H]3CCC[C@@H]3NC(=O)[C@H](N)CCc3ccccc3)ccc12.[HH].[HH].[HH].[HH].[HH].[HH].[HH].[HH].[HH].[HH].[HH].[HH].[HH].[HH]. The van der Waals surface area contributed by atoms with E-state index in [1.54, 1.807) is 6.20 Å². The summed E-state index contributed by atoms with van der Waals surface area (Å²) in [6.07, 6.45) is 16.6. The first-order valence-corrected chi connectivity index (χ1v) is 19.4. The minimum atomic E-state index is -0.879. The molecule has 0 saturated heterocycles. The molecule has 1 aliphatic rings. The van der Waals surface area contributed by atoms with E-state index >= 15 is 0 Å². The molecule has 1 heterocycles. The van der Waals surface area contributed by atoms with E-state index in [0.29, 0.717) is 25.1 Å². The van der Waals surface area contributed by atoms with Gasteiger partial charge in [0.15, 0.2) is 5.22 Å². The minimum Gasteiger partial charge on any atom is -0.383 e. The number of Topliss-reactive ketones (excluding diaryl/α,β-unsaturated/α-hetero) is 1. The van der Waals surface area contributed by atoms with Gasteiger partial charge in [-0.25, -0.2) is 4.98 Å². The first-order chi connectivity index (χ1) is 32.2. The zero-order valence-corrected chi connectivity index (χ0v) is 35.3. The van der Waals surface area contributed by atoms with E-state index in [2.05, 4.69) is 175 Å². The maximum absolute atomic E-state index is 13.0. The fraction of sp³-hybridized carbons (Fsp3) is 0.189. The molecule has 13 nitrogen and oxygen atoms in total. The third-order valence-corrected chi connectivity index (χ3v) is 8.34. The van der Waals surface area contributed by atoms with Crippen LogP contribution in [0.1, 0.15) is 63.2 Å². The number of nitro groups is 1. The fourth-order valence-corrected chi connectivity index (χ4v) is 5.52. The molecule has 0 radical (unpaired) electrons.